The fraction of sp³-hybridized carbons (Fsp3) is 0.179. The Bertz CT molecular complexity index is 1360. The van der Waals surface area contributed by atoms with Crippen LogP contribution in [-0.4, -0.2) is 34.8 Å². The third-order valence-corrected chi connectivity index (χ3v) is 7.34. The molecular formula is C28H25ClN2O4S2. The SMILES string of the molecule is COc1cc(/C=C2\SC(=S)N([C@@H](C)c3ccccc3)C2=O)cc(Cl)c1OCC(=O)Nc1ccc(C)cc1. The van der Waals surface area contributed by atoms with Crippen molar-refractivity contribution in [1.82, 2.24) is 4.90 Å². The lowest BCUT2D eigenvalue weighted by molar-refractivity contribution is -0.123. The Morgan fingerprint density at radius 3 is 2.54 bits per heavy atom. The number of anilines is 1. The molecule has 0 radical (unpaired) electrons. The monoisotopic (exact) mass is 552 g/mol. The molecule has 1 heterocycles. The lowest BCUT2D eigenvalue weighted by Gasteiger charge is -2.23. The van der Waals surface area contributed by atoms with Crippen LogP contribution in [0.1, 0.15) is 29.7 Å². The maximum absolute atomic E-state index is 13.2. The second-order valence-electron chi connectivity index (χ2n) is 8.38. The summed E-state index contributed by atoms with van der Waals surface area (Å²) in [6.07, 6.45) is 1.72. The van der Waals surface area contributed by atoms with Gasteiger partial charge >= 0.3 is 0 Å². The third kappa shape index (κ3) is 6.33. The molecule has 0 unspecified atom stereocenters. The summed E-state index contributed by atoms with van der Waals surface area (Å²) in [5.74, 6) is 0.0810. The van der Waals surface area contributed by atoms with Crippen LogP contribution in [0.4, 0.5) is 5.69 Å². The third-order valence-electron chi connectivity index (χ3n) is 5.73. The summed E-state index contributed by atoms with van der Waals surface area (Å²) in [6, 6.07) is 20.4. The van der Waals surface area contributed by atoms with E-state index in [1.807, 2.05) is 68.4 Å². The van der Waals surface area contributed by atoms with Crippen molar-refractivity contribution in [2.24, 2.45) is 0 Å². The molecule has 0 spiro atoms. The molecule has 3 aromatic carbocycles. The lowest BCUT2D eigenvalue weighted by Crippen LogP contribution is -2.30. The van der Waals surface area contributed by atoms with Gasteiger partial charge in [0.1, 0.15) is 4.32 Å². The molecule has 190 valence electrons. The molecule has 1 aliphatic heterocycles. The molecule has 0 aliphatic carbocycles. The van der Waals surface area contributed by atoms with Crippen LogP contribution >= 0.6 is 35.6 Å². The van der Waals surface area contributed by atoms with E-state index in [1.165, 1.54) is 18.9 Å². The quantitative estimate of drug-likeness (QED) is 0.250. The van der Waals surface area contributed by atoms with Crippen molar-refractivity contribution in [3.8, 4) is 11.5 Å². The number of amides is 2. The Balaban J connectivity index is 1.48. The fourth-order valence-corrected chi connectivity index (χ4v) is 5.47. The maximum Gasteiger partial charge on any atom is 0.266 e. The van der Waals surface area contributed by atoms with Gasteiger partial charge in [-0.3, -0.25) is 14.5 Å². The predicted octanol–water partition coefficient (Wildman–Crippen LogP) is 6.64. The molecule has 4 rings (SSSR count). The molecule has 2 amide bonds. The molecule has 1 fully saturated rings. The summed E-state index contributed by atoms with van der Waals surface area (Å²) in [7, 11) is 1.48. The van der Waals surface area contributed by atoms with Crippen LogP contribution in [0.15, 0.2) is 71.6 Å². The molecule has 0 bridgehead atoms. The van der Waals surface area contributed by atoms with E-state index < -0.39 is 0 Å². The number of hydrogen-bond donors (Lipinski definition) is 1. The van der Waals surface area contributed by atoms with Gasteiger partial charge in [-0.2, -0.15) is 0 Å². The number of benzene rings is 3. The molecule has 0 saturated carbocycles. The number of rotatable bonds is 8. The van der Waals surface area contributed by atoms with Gasteiger partial charge in [0.15, 0.2) is 18.1 Å². The number of thioether (sulfide) groups is 1. The largest absolute Gasteiger partial charge is 0.493 e. The molecule has 1 N–H and O–H groups in total. The number of carbonyl (C=O) groups excluding carboxylic acids is 2. The zero-order valence-corrected chi connectivity index (χ0v) is 22.9. The number of nitrogens with one attached hydrogen (secondary N) is 1. The molecule has 6 nitrogen and oxygen atoms in total. The smallest absolute Gasteiger partial charge is 0.266 e. The van der Waals surface area contributed by atoms with Crippen LogP contribution in [0, 0.1) is 6.92 Å². The average Bonchev–Trinajstić information content (AvgIpc) is 3.16. The van der Waals surface area contributed by atoms with Gasteiger partial charge in [0, 0.05) is 5.69 Å². The predicted molar refractivity (Wildman–Crippen MR) is 153 cm³/mol. The number of ether oxygens (including phenoxy) is 2. The summed E-state index contributed by atoms with van der Waals surface area (Å²) in [5, 5.41) is 3.03. The van der Waals surface area contributed by atoms with Crippen molar-refractivity contribution in [2.75, 3.05) is 19.0 Å². The van der Waals surface area contributed by atoms with E-state index in [4.69, 9.17) is 33.3 Å². The highest BCUT2D eigenvalue weighted by Gasteiger charge is 2.36. The number of carbonyl (C=O) groups is 2. The van der Waals surface area contributed by atoms with Crippen molar-refractivity contribution in [3.63, 3.8) is 0 Å². The Morgan fingerprint density at radius 2 is 1.86 bits per heavy atom. The summed E-state index contributed by atoms with van der Waals surface area (Å²) >= 11 is 13.2. The van der Waals surface area contributed by atoms with Crippen LogP contribution < -0.4 is 14.8 Å². The Hall–Kier alpha value is -3.33. The number of thiocarbonyl (C=S) groups is 1. The van der Waals surface area contributed by atoms with E-state index in [-0.39, 0.29) is 35.2 Å². The number of hydrogen-bond acceptors (Lipinski definition) is 6. The minimum absolute atomic E-state index is 0.172. The first-order valence-electron chi connectivity index (χ1n) is 11.5. The standard InChI is InChI=1S/C28H25ClN2O4S2/c1-17-9-11-21(12-10-17)30-25(32)16-35-26-22(29)13-19(14-23(26)34-3)15-24-27(33)31(28(36)37-24)18(2)20-7-5-4-6-8-20/h4-15,18H,16H2,1-3H3,(H,30,32)/b24-15-/t18-/m0/s1. The Kier molecular flexibility index (Phi) is 8.53. The highest BCUT2D eigenvalue weighted by atomic mass is 35.5. The summed E-state index contributed by atoms with van der Waals surface area (Å²) < 4.78 is 11.6. The highest BCUT2D eigenvalue weighted by molar-refractivity contribution is 8.26. The van der Waals surface area contributed by atoms with Crippen LogP contribution in [0.5, 0.6) is 11.5 Å². The minimum Gasteiger partial charge on any atom is -0.493 e. The number of halogens is 1. The molecule has 1 saturated heterocycles. The highest BCUT2D eigenvalue weighted by Crippen LogP contribution is 2.41. The molecule has 1 atom stereocenters. The molecule has 3 aromatic rings. The summed E-state index contributed by atoms with van der Waals surface area (Å²) in [6.45, 7) is 3.67. The number of methoxy groups -OCH3 is 1. The van der Waals surface area contributed by atoms with Gasteiger partial charge in [-0.15, -0.1) is 0 Å². The lowest BCUT2D eigenvalue weighted by atomic mass is 10.1. The maximum atomic E-state index is 13.2. The van der Waals surface area contributed by atoms with E-state index in [1.54, 1.807) is 23.1 Å². The van der Waals surface area contributed by atoms with Gasteiger partial charge < -0.3 is 14.8 Å². The van der Waals surface area contributed by atoms with Crippen LogP contribution in [0.3, 0.4) is 0 Å². The first-order valence-corrected chi connectivity index (χ1v) is 13.1. The van der Waals surface area contributed by atoms with E-state index >= 15 is 0 Å². The zero-order chi connectivity index (χ0) is 26.5. The van der Waals surface area contributed by atoms with E-state index in [2.05, 4.69) is 5.32 Å². The van der Waals surface area contributed by atoms with Crippen LogP contribution in [0.2, 0.25) is 5.02 Å². The first kappa shape index (κ1) is 26.7. The summed E-state index contributed by atoms with van der Waals surface area (Å²) in [5.41, 5.74) is 3.41. The number of aryl methyl sites for hydroxylation is 1. The van der Waals surface area contributed by atoms with Gasteiger partial charge in [-0.1, -0.05) is 83.6 Å². The van der Waals surface area contributed by atoms with Crippen molar-refractivity contribution >= 4 is 63.5 Å². The van der Waals surface area contributed by atoms with E-state index in [0.29, 0.717) is 26.2 Å². The van der Waals surface area contributed by atoms with Gasteiger partial charge in [0.25, 0.3) is 11.8 Å². The van der Waals surface area contributed by atoms with Gasteiger partial charge in [0.2, 0.25) is 0 Å². The zero-order valence-electron chi connectivity index (χ0n) is 20.5. The fourth-order valence-electron chi connectivity index (χ4n) is 3.78. The number of nitrogens with zero attached hydrogens (tertiary/aromatic N) is 1. The van der Waals surface area contributed by atoms with Crippen LogP contribution in [0.25, 0.3) is 6.08 Å². The molecular weight excluding hydrogens is 528 g/mol. The first-order chi connectivity index (χ1) is 17.8. The molecule has 9 heteroatoms. The second-order valence-corrected chi connectivity index (χ2v) is 10.5. The second kappa shape index (κ2) is 11.8. The average molecular weight is 553 g/mol. The van der Waals surface area contributed by atoms with E-state index in [0.717, 1.165) is 11.1 Å². The van der Waals surface area contributed by atoms with Gasteiger partial charge in [0.05, 0.1) is 23.1 Å². The van der Waals surface area contributed by atoms with Crippen molar-refractivity contribution < 1.29 is 19.1 Å². The van der Waals surface area contributed by atoms with Gasteiger partial charge in [-0.05, 0) is 55.3 Å². The topological polar surface area (TPSA) is 67.9 Å². The summed E-state index contributed by atoms with van der Waals surface area (Å²) in [4.78, 5) is 27.6. The molecule has 37 heavy (non-hydrogen) atoms. The van der Waals surface area contributed by atoms with Crippen molar-refractivity contribution in [3.05, 3.63) is 93.3 Å². The van der Waals surface area contributed by atoms with Crippen molar-refractivity contribution in [1.29, 1.82) is 0 Å². The van der Waals surface area contributed by atoms with Crippen LogP contribution in [-0.2, 0) is 9.59 Å². The normalized spacial score (nSPS) is 15.1. The Labute approximate surface area is 230 Å². The molecule has 0 aromatic heterocycles. The van der Waals surface area contributed by atoms with Gasteiger partial charge in [-0.25, -0.2) is 0 Å². The Morgan fingerprint density at radius 1 is 1.16 bits per heavy atom. The van der Waals surface area contributed by atoms with Crippen molar-refractivity contribution in [2.45, 2.75) is 19.9 Å². The minimum atomic E-state index is -0.331. The van der Waals surface area contributed by atoms with E-state index in [9.17, 15) is 9.59 Å². The molecule has 1 aliphatic rings.